The molecule has 0 radical (unpaired) electrons. The molecule has 0 bridgehead atoms. The molecule has 2 unspecified atom stereocenters. The fourth-order valence-electron chi connectivity index (χ4n) is 5.92. The third kappa shape index (κ3) is 1.79. The molecule has 128 valence electrons. The minimum absolute atomic E-state index is 0.117. The molecule has 2 aliphatic heterocycles. The van der Waals surface area contributed by atoms with Crippen LogP contribution in [0.5, 0.6) is 5.75 Å². The molecular weight excluding hydrogens is 302 g/mol. The van der Waals surface area contributed by atoms with E-state index in [1.165, 1.54) is 11.1 Å². The zero-order valence-corrected chi connectivity index (χ0v) is 14.6. The second-order valence-electron chi connectivity index (χ2n) is 8.08. The number of ether oxygens (including phenoxy) is 3. The van der Waals surface area contributed by atoms with E-state index < -0.39 is 0 Å². The molecule has 0 aromatic heterocycles. The highest BCUT2D eigenvalue weighted by Gasteiger charge is 2.66. The molecule has 0 N–H and O–H groups in total. The molecule has 1 saturated carbocycles. The van der Waals surface area contributed by atoms with Crippen LogP contribution in [0.1, 0.15) is 36.8 Å². The van der Waals surface area contributed by atoms with E-state index in [4.69, 9.17) is 14.2 Å². The van der Waals surface area contributed by atoms with Gasteiger partial charge in [-0.2, -0.15) is 0 Å². The quantitative estimate of drug-likeness (QED) is 0.742. The minimum Gasteiger partial charge on any atom is -0.497 e. The molecule has 4 nitrogen and oxygen atoms in total. The SMILES string of the molecule is COc1ccc2c(c1)C13CC[N+](C)=CC1(CCC1(C3)OCCO1)C2. The van der Waals surface area contributed by atoms with Crippen molar-refractivity contribution in [3.8, 4) is 5.75 Å². The summed E-state index contributed by atoms with van der Waals surface area (Å²) in [5, 5.41) is 0. The van der Waals surface area contributed by atoms with Gasteiger partial charge in [-0.15, -0.1) is 0 Å². The molecule has 2 heterocycles. The first-order chi connectivity index (χ1) is 11.6. The Kier molecular flexibility index (Phi) is 3.00. The van der Waals surface area contributed by atoms with Gasteiger partial charge in [-0.3, -0.25) is 0 Å². The van der Waals surface area contributed by atoms with Crippen LogP contribution in [0, 0.1) is 5.41 Å². The van der Waals surface area contributed by atoms with Crippen molar-refractivity contribution < 1.29 is 18.8 Å². The van der Waals surface area contributed by atoms with E-state index in [0.717, 1.165) is 57.6 Å². The van der Waals surface area contributed by atoms with Crippen LogP contribution in [0.2, 0.25) is 0 Å². The van der Waals surface area contributed by atoms with Crippen LogP contribution < -0.4 is 4.74 Å². The predicted octanol–water partition coefficient (Wildman–Crippen LogP) is 2.52. The average molecular weight is 328 g/mol. The van der Waals surface area contributed by atoms with Crippen LogP contribution in [0.15, 0.2) is 18.2 Å². The maximum absolute atomic E-state index is 6.15. The maximum atomic E-state index is 6.15. The first-order valence-electron chi connectivity index (χ1n) is 9.12. The van der Waals surface area contributed by atoms with E-state index in [1.807, 2.05) is 0 Å². The highest BCUT2D eigenvalue weighted by molar-refractivity contribution is 5.71. The molecule has 2 fully saturated rings. The molecule has 1 spiro atoms. The van der Waals surface area contributed by atoms with Crippen molar-refractivity contribution in [2.75, 3.05) is 33.9 Å². The lowest BCUT2D eigenvalue weighted by molar-refractivity contribution is -0.507. The van der Waals surface area contributed by atoms with Crippen LogP contribution in [0.4, 0.5) is 0 Å². The van der Waals surface area contributed by atoms with Crippen LogP contribution in [0.25, 0.3) is 0 Å². The largest absolute Gasteiger partial charge is 0.497 e. The van der Waals surface area contributed by atoms with E-state index in [9.17, 15) is 0 Å². The second-order valence-corrected chi connectivity index (χ2v) is 8.08. The third-order valence-electron chi connectivity index (χ3n) is 6.99. The number of nitrogens with zero attached hydrogens (tertiary/aromatic N) is 1. The summed E-state index contributed by atoms with van der Waals surface area (Å²) in [5.41, 5.74) is 3.28. The summed E-state index contributed by atoms with van der Waals surface area (Å²) in [7, 11) is 3.98. The molecular formula is C20H26NO3+. The first kappa shape index (κ1) is 14.9. The van der Waals surface area contributed by atoms with Gasteiger partial charge in [0.2, 0.25) is 0 Å². The van der Waals surface area contributed by atoms with E-state index in [2.05, 4.69) is 36.0 Å². The highest BCUT2D eigenvalue weighted by atomic mass is 16.7. The van der Waals surface area contributed by atoms with E-state index >= 15 is 0 Å². The zero-order chi connectivity index (χ0) is 16.4. The molecule has 24 heavy (non-hydrogen) atoms. The Bertz CT molecular complexity index is 722. The van der Waals surface area contributed by atoms with E-state index in [1.54, 1.807) is 7.11 Å². The minimum atomic E-state index is -0.363. The molecule has 5 rings (SSSR count). The average Bonchev–Trinajstić information content (AvgIpc) is 3.15. The fourth-order valence-corrected chi connectivity index (χ4v) is 5.92. The normalized spacial score (nSPS) is 36.0. The van der Waals surface area contributed by atoms with Gasteiger partial charge in [0.15, 0.2) is 5.79 Å². The molecule has 1 aromatic carbocycles. The first-order valence-corrected chi connectivity index (χ1v) is 9.12. The summed E-state index contributed by atoms with van der Waals surface area (Å²) >= 11 is 0. The topological polar surface area (TPSA) is 30.7 Å². The Labute approximate surface area is 143 Å². The van der Waals surface area contributed by atoms with Gasteiger partial charge in [-0.05, 0) is 36.1 Å². The van der Waals surface area contributed by atoms with Crippen LogP contribution in [0.3, 0.4) is 0 Å². The van der Waals surface area contributed by atoms with Crippen molar-refractivity contribution in [1.29, 1.82) is 0 Å². The molecule has 0 amide bonds. The van der Waals surface area contributed by atoms with Crippen molar-refractivity contribution in [3.05, 3.63) is 29.3 Å². The summed E-state index contributed by atoms with van der Waals surface area (Å²) in [6.45, 7) is 2.56. The molecule has 1 aromatic rings. The van der Waals surface area contributed by atoms with Crippen molar-refractivity contribution >= 4 is 6.21 Å². The summed E-state index contributed by atoms with van der Waals surface area (Å²) in [6.07, 6.45) is 7.93. The Balaban J connectivity index is 1.69. The van der Waals surface area contributed by atoms with Crippen LogP contribution >= 0.6 is 0 Å². The smallest absolute Gasteiger partial charge is 0.169 e. The molecule has 4 heteroatoms. The lowest BCUT2D eigenvalue weighted by Gasteiger charge is -2.53. The van der Waals surface area contributed by atoms with Crippen molar-refractivity contribution in [3.63, 3.8) is 0 Å². The van der Waals surface area contributed by atoms with E-state index in [0.29, 0.717) is 0 Å². The van der Waals surface area contributed by atoms with Gasteiger partial charge in [0.1, 0.15) is 25.6 Å². The van der Waals surface area contributed by atoms with E-state index in [-0.39, 0.29) is 16.6 Å². The predicted molar refractivity (Wildman–Crippen MR) is 91.0 cm³/mol. The second kappa shape index (κ2) is 4.83. The number of hydrogen-bond acceptors (Lipinski definition) is 3. The van der Waals surface area contributed by atoms with Crippen LogP contribution in [-0.4, -0.2) is 50.5 Å². The summed E-state index contributed by atoms with van der Waals surface area (Å²) in [4.78, 5) is 0. The maximum Gasteiger partial charge on any atom is 0.169 e. The molecule has 4 aliphatic rings. The zero-order valence-electron chi connectivity index (χ0n) is 14.6. The Morgan fingerprint density at radius 3 is 2.75 bits per heavy atom. The fraction of sp³-hybridized carbons (Fsp3) is 0.650. The lowest BCUT2D eigenvalue weighted by atomic mass is 9.53. The van der Waals surface area contributed by atoms with Crippen LogP contribution in [-0.2, 0) is 21.3 Å². The Hall–Kier alpha value is -1.39. The van der Waals surface area contributed by atoms with Crippen molar-refractivity contribution in [2.45, 2.75) is 43.3 Å². The van der Waals surface area contributed by atoms with Crippen molar-refractivity contribution in [1.82, 2.24) is 0 Å². The lowest BCUT2D eigenvalue weighted by Crippen LogP contribution is -2.58. The van der Waals surface area contributed by atoms with Crippen molar-refractivity contribution in [2.24, 2.45) is 5.41 Å². The summed E-state index contributed by atoms with van der Waals surface area (Å²) in [6, 6.07) is 6.67. The van der Waals surface area contributed by atoms with Gasteiger partial charge in [-0.25, -0.2) is 4.58 Å². The van der Waals surface area contributed by atoms with Gasteiger partial charge in [0.25, 0.3) is 0 Å². The number of hydrogen-bond donors (Lipinski definition) is 0. The summed E-state index contributed by atoms with van der Waals surface area (Å²) in [5.74, 6) is 0.600. The molecule has 2 aliphatic carbocycles. The monoisotopic (exact) mass is 328 g/mol. The van der Waals surface area contributed by atoms with Gasteiger partial charge in [0.05, 0.1) is 25.7 Å². The Morgan fingerprint density at radius 2 is 1.96 bits per heavy atom. The molecule has 2 atom stereocenters. The number of rotatable bonds is 1. The van der Waals surface area contributed by atoms with Gasteiger partial charge < -0.3 is 14.2 Å². The number of fused-ring (bicyclic) bond motifs is 1. The molecule has 1 saturated heterocycles. The Morgan fingerprint density at radius 1 is 1.12 bits per heavy atom. The third-order valence-corrected chi connectivity index (χ3v) is 6.99. The van der Waals surface area contributed by atoms with Gasteiger partial charge in [0, 0.05) is 24.7 Å². The highest BCUT2D eigenvalue weighted by Crippen LogP contribution is 2.64. The standard InChI is InChI=1S/C20H26NO3/c1-21-8-7-19-13-20(23-9-10-24-20)6-5-18(19,14-21)12-15-3-4-16(22-2)11-17(15)19/h3-4,11,14H,5-10,12-13H2,1-2H3/q+1. The van der Waals surface area contributed by atoms with Gasteiger partial charge >= 0.3 is 0 Å². The summed E-state index contributed by atoms with van der Waals surface area (Å²) < 4.78 is 20.2. The number of benzene rings is 1. The number of methoxy groups -OCH3 is 1. The van der Waals surface area contributed by atoms with Gasteiger partial charge in [-0.1, -0.05) is 6.07 Å².